The SMILES string of the molecule is Cc1cccc(C=NC2CCC2[N+](=O)[O-])c1O.[Cl][Zr][Cl]. The average molecular weight is 396 g/mol. The van der Waals surface area contributed by atoms with E-state index in [1.807, 2.05) is 6.07 Å². The van der Waals surface area contributed by atoms with Crippen LogP contribution in [0.1, 0.15) is 24.0 Å². The van der Waals surface area contributed by atoms with Gasteiger partial charge in [0.25, 0.3) is 0 Å². The fourth-order valence-corrected chi connectivity index (χ4v) is 1.85. The Kier molecular flexibility index (Phi) is 7.71. The molecule has 0 spiro atoms. The maximum atomic E-state index is 10.6. The summed E-state index contributed by atoms with van der Waals surface area (Å²) in [6.07, 6.45) is 2.87. The average Bonchev–Trinajstić information content (AvgIpc) is 2.33. The number of aliphatic imine (C=N–C) groups is 1. The van der Waals surface area contributed by atoms with Gasteiger partial charge in [0.2, 0.25) is 6.04 Å². The predicted octanol–water partition coefficient (Wildman–Crippen LogP) is 3.30. The first kappa shape index (κ1) is 17.6. The van der Waals surface area contributed by atoms with Gasteiger partial charge < -0.3 is 5.11 Å². The van der Waals surface area contributed by atoms with Gasteiger partial charge in [0, 0.05) is 23.1 Å². The molecular formula is C12H14Cl2N2O3Zr. The van der Waals surface area contributed by atoms with Crippen LogP contribution >= 0.6 is 17.0 Å². The molecule has 1 aliphatic rings. The van der Waals surface area contributed by atoms with Crippen LogP contribution in [-0.4, -0.2) is 28.3 Å². The zero-order valence-electron chi connectivity index (χ0n) is 10.8. The van der Waals surface area contributed by atoms with E-state index in [4.69, 9.17) is 17.0 Å². The topological polar surface area (TPSA) is 75.7 Å². The molecule has 0 radical (unpaired) electrons. The Balaban J connectivity index is 0.000000612. The fourth-order valence-electron chi connectivity index (χ4n) is 1.85. The third-order valence-corrected chi connectivity index (χ3v) is 3.15. The quantitative estimate of drug-likeness (QED) is 0.484. The molecule has 0 saturated heterocycles. The summed E-state index contributed by atoms with van der Waals surface area (Å²) in [5.41, 5.74) is 1.38. The summed E-state index contributed by atoms with van der Waals surface area (Å²) in [5.74, 6) is 0.188. The molecule has 1 fully saturated rings. The van der Waals surface area contributed by atoms with E-state index in [9.17, 15) is 15.2 Å². The summed E-state index contributed by atoms with van der Waals surface area (Å²) >= 11 is -0.826. The molecule has 2 rings (SSSR count). The van der Waals surface area contributed by atoms with Crippen molar-refractivity contribution in [2.45, 2.75) is 31.8 Å². The number of hydrogen-bond acceptors (Lipinski definition) is 4. The first-order chi connectivity index (χ1) is 9.51. The van der Waals surface area contributed by atoms with Gasteiger partial charge in [0.1, 0.15) is 11.8 Å². The number of phenolic OH excluding ortho intramolecular Hbond substituents is 1. The standard InChI is InChI=1S/C12H14N2O3.2ClH.Zr/c1-8-3-2-4-9(12(8)15)7-13-10-5-6-11(10)14(16)17;;;/h2-4,7,10-11,15H,5-6H2,1H3;2*1H;/q;;;+2/p-2. The van der Waals surface area contributed by atoms with Crippen LogP contribution in [0.4, 0.5) is 0 Å². The molecule has 0 amide bonds. The van der Waals surface area contributed by atoms with E-state index in [-0.39, 0.29) is 16.7 Å². The molecule has 0 aromatic heterocycles. The molecule has 5 nitrogen and oxygen atoms in total. The summed E-state index contributed by atoms with van der Waals surface area (Å²) in [6.45, 7) is 1.80. The summed E-state index contributed by atoms with van der Waals surface area (Å²) < 4.78 is 0. The van der Waals surface area contributed by atoms with E-state index in [1.165, 1.54) is 6.21 Å². The number of hydrogen-bond donors (Lipinski definition) is 1. The molecule has 1 aliphatic carbocycles. The van der Waals surface area contributed by atoms with Crippen LogP contribution in [0.3, 0.4) is 0 Å². The van der Waals surface area contributed by atoms with Crippen LogP contribution in [0.2, 0.25) is 0 Å². The number of rotatable bonds is 3. The van der Waals surface area contributed by atoms with Crippen LogP contribution in [0.15, 0.2) is 23.2 Å². The van der Waals surface area contributed by atoms with Gasteiger partial charge in [-0.1, -0.05) is 12.1 Å². The van der Waals surface area contributed by atoms with E-state index >= 15 is 0 Å². The van der Waals surface area contributed by atoms with Crippen molar-refractivity contribution in [2.75, 3.05) is 0 Å². The van der Waals surface area contributed by atoms with E-state index in [2.05, 4.69) is 4.99 Å². The van der Waals surface area contributed by atoms with E-state index in [0.717, 1.165) is 12.0 Å². The number of benzene rings is 1. The zero-order valence-corrected chi connectivity index (χ0v) is 14.8. The molecule has 20 heavy (non-hydrogen) atoms. The van der Waals surface area contributed by atoms with Gasteiger partial charge in [-0.25, -0.2) is 0 Å². The first-order valence-corrected chi connectivity index (χ1v) is 12.3. The Morgan fingerprint density at radius 1 is 1.50 bits per heavy atom. The second-order valence-corrected chi connectivity index (χ2v) is 8.09. The molecule has 2 atom stereocenters. The van der Waals surface area contributed by atoms with E-state index in [1.54, 1.807) is 19.1 Å². The van der Waals surface area contributed by atoms with Crippen molar-refractivity contribution in [1.29, 1.82) is 0 Å². The number of aromatic hydroxyl groups is 1. The molecule has 1 N–H and O–H groups in total. The molecule has 8 heteroatoms. The Morgan fingerprint density at radius 3 is 2.65 bits per heavy atom. The minimum absolute atomic E-state index is 0.188. The Morgan fingerprint density at radius 2 is 2.15 bits per heavy atom. The summed E-state index contributed by atoms with van der Waals surface area (Å²) in [7, 11) is 9.87. The summed E-state index contributed by atoms with van der Waals surface area (Å²) in [5, 5.41) is 20.4. The van der Waals surface area contributed by atoms with Crippen molar-refractivity contribution >= 4 is 23.2 Å². The maximum absolute atomic E-state index is 10.6. The van der Waals surface area contributed by atoms with E-state index < -0.39 is 26.9 Å². The van der Waals surface area contributed by atoms with Crippen LogP contribution in [-0.2, 0) is 20.8 Å². The van der Waals surface area contributed by atoms with Gasteiger partial charge >= 0.3 is 37.9 Å². The molecular weight excluding hydrogens is 382 g/mol. The number of phenols is 1. The van der Waals surface area contributed by atoms with Gasteiger partial charge in [-0.2, -0.15) is 0 Å². The minimum atomic E-state index is -0.826. The molecule has 0 aliphatic heterocycles. The van der Waals surface area contributed by atoms with Crippen molar-refractivity contribution in [2.24, 2.45) is 4.99 Å². The number of halogens is 2. The van der Waals surface area contributed by atoms with Crippen molar-refractivity contribution in [3.63, 3.8) is 0 Å². The Bertz CT molecular complexity index is 500. The van der Waals surface area contributed by atoms with Crippen molar-refractivity contribution < 1.29 is 30.9 Å². The Hall–Kier alpha value is -0.447. The second kappa shape index (κ2) is 8.75. The van der Waals surface area contributed by atoms with Gasteiger partial charge in [-0.3, -0.25) is 15.1 Å². The van der Waals surface area contributed by atoms with Crippen molar-refractivity contribution in [3.05, 3.63) is 39.4 Å². The van der Waals surface area contributed by atoms with Crippen LogP contribution < -0.4 is 0 Å². The number of aryl methyl sites for hydroxylation is 1. The second-order valence-electron chi connectivity index (χ2n) is 4.36. The summed E-state index contributed by atoms with van der Waals surface area (Å²) in [4.78, 5) is 14.5. The molecule has 0 bridgehead atoms. The third kappa shape index (κ3) is 4.83. The van der Waals surface area contributed by atoms with Gasteiger partial charge in [0.15, 0.2) is 0 Å². The fraction of sp³-hybridized carbons (Fsp3) is 0.417. The molecule has 1 aromatic carbocycles. The molecule has 108 valence electrons. The number of para-hydroxylation sites is 1. The predicted molar refractivity (Wildman–Crippen MR) is 75.9 cm³/mol. The van der Waals surface area contributed by atoms with Crippen LogP contribution in [0, 0.1) is 17.0 Å². The molecule has 2 unspecified atom stereocenters. The monoisotopic (exact) mass is 394 g/mol. The number of nitro groups is 1. The van der Waals surface area contributed by atoms with Crippen molar-refractivity contribution in [1.82, 2.24) is 0 Å². The molecule has 1 aromatic rings. The van der Waals surface area contributed by atoms with Gasteiger partial charge in [-0.15, -0.1) is 0 Å². The number of nitrogens with zero attached hydrogens (tertiary/aromatic N) is 2. The van der Waals surface area contributed by atoms with Crippen LogP contribution in [0.25, 0.3) is 0 Å². The van der Waals surface area contributed by atoms with Crippen molar-refractivity contribution in [3.8, 4) is 5.75 Å². The zero-order chi connectivity index (χ0) is 15.1. The Labute approximate surface area is 135 Å². The van der Waals surface area contributed by atoms with E-state index in [0.29, 0.717) is 12.0 Å². The van der Waals surface area contributed by atoms with Gasteiger partial charge in [0.05, 0.1) is 0 Å². The van der Waals surface area contributed by atoms with Gasteiger partial charge in [-0.05, 0) is 25.0 Å². The normalized spacial score (nSPS) is 20.8. The first-order valence-electron chi connectivity index (χ1n) is 5.92. The third-order valence-electron chi connectivity index (χ3n) is 3.15. The molecule has 0 heterocycles. The molecule has 1 saturated carbocycles. The van der Waals surface area contributed by atoms with Crippen LogP contribution in [0.5, 0.6) is 5.75 Å². The summed E-state index contributed by atoms with van der Waals surface area (Å²) in [6, 6.07) is 4.56.